The number of hydrogen-bond acceptors (Lipinski definition) is 4. The van der Waals surface area contributed by atoms with Crippen LogP contribution in [0.1, 0.15) is 5.56 Å². The molecule has 0 atom stereocenters. The van der Waals surface area contributed by atoms with E-state index in [9.17, 15) is 5.26 Å². The summed E-state index contributed by atoms with van der Waals surface area (Å²) in [6.07, 6.45) is 1.52. The Kier molecular flexibility index (Phi) is 2.94. The van der Waals surface area contributed by atoms with Crippen molar-refractivity contribution in [2.45, 2.75) is 0 Å². The van der Waals surface area contributed by atoms with Gasteiger partial charge in [-0.3, -0.25) is 4.98 Å². The second-order valence-corrected chi connectivity index (χ2v) is 4.30. The van der Waals surface area contributed by atoms with Gasteiger partial charge in [0, 0.05) is 17.3 Å². The molecule has 0 saturated carbocycles. The fraction of sp³-hybridized carbons (Fsp3) is 0. The van der Waals surface area contributed by atoms with Gasteiger partial charge in [0.1, 0.15) is 17.4 Å². The topological polar surface area (TPSA) is 71.9 Å². The van der Waals surface area contributed by atoms with Crippen molar-refractivity contribution in [3.8, 4) is 17.6 Å². The van der Waals surface area contributed by atoms with Gasteiger partial charge in [-0.15, -0.1) is 0 Å². The number of hydrogen-bond donors (Lipinski definition) is 1. The molecule has 0 spiro atoms. The van der Waals surface area contributed by atoms with E-state index in [1.165, 1.54) is 6.20 Å². The summed E-state index contributed by atoms with van der Waals surface area (Å²) in [5.74, 6) is 1.15. The number of benzene rings is 2. The zero-order chi connectivity index (χ0) is 13.9. The van der Waals surface area contributed by atoms with Gasteiger partial charge in [-0.05, 0) is 36.4 Å². The van der Waals surface area contributed by atoms with Crippen molar-refractivity contribution in [2.75, 3.05) is 5.73 Å². The predicted molar refractivity (Wildman–Crippen MR) is 77.4 cm³/mol. The van der Waals surface area contributed by atoms with Crippen molar-refractivity contribution >= 4 is 16.6 Å². The molecule has 0 bridgehead atoms. The van der Waals surface area contributed by atoms with E-state index in [0.717, 1.165) is 10.9 Å². The molecule has 20 heavy (non-hydrogen) atoms. The van der Waals surface area contributed by atoms with E-state index in [4.69, 9.17) is 10.5 Å². The second-order valence-electron chi connectivity index (χ2n) is 4.30. The molecule has 0 saturated heterocycles. The van der Waals surface area contributed by atoms with Crippen molar-refractivity contribution in [3.63, 3.8) is 0 Å². The minimum Gasteiger partial charge on any atom is -0.455 e. The summed E-state index contributed by atoms with van der Waals surface area (Å²) in [7, 11) is 0. The highest BCUT2D eigenvalue weighted by Gasteiger charge is 2.10. The van der Waals surface area contributed by atoms with Crippen LogP contribution in [0.4, 0.5) is 5.69 Å². The number of nitriles is 1. The van der Waals surface area contributed by atoms with E-state index >= 15 is 0 Å². The molecule has 1 heterocycles. The molecule has 0 radical (unpaired) electrons. The summed E-state index contributed by atoms with van der Waals surface area (Å²) in [4.78, 5) is 4.25. The van der Waals surface area contributed by atoms with Crippen LogP contribution in [0.5, 0.6) is 11.5 Å². The SMILES string of the molecule is N#Cc1cnc2ccccc2c1Oc1ccc(N)cc1. The first kappa shape index (κ1) is 12.0. The summed E-state index contributed by atoms with van der Waals surface area (Å²) >= 11 is 0. The Hall–Kier alpha value is -3.06. The molecule has 2 aromatic carbocycles. The van der Waals surface area contributed by atoms with E-state index in [-0.39, 0.29) is 0 Å². The molecule has 4 nitrogen and oxygen atoms in total. The Morgan fingerprint density at radius 1 is 1.05 bits per heavy atom. The fourth-order valence-electron chi connectivity index (χ4n) is 1.96. The van der Waals surface area contributed by atoms with Gasteiger partial charge in [-0.25, -0.2) is 0 Å². The van der Waals surface area contributed by atoms with E-state index in [2.05, 4.69) is 11.1 Å². The molecular weight excluding hydrogens is 250 g/mol. The lowest BCUT2D eigenvalue weighted by Crippen LogP contribution is -1.92. The Bertz CT molecular complexity index is 804. The maximum atomic E-state index is 9.21. The average Bonchev–Trinajstić information content (AvgIpc) is 2.50. The summed E-state index contributed by atoms with van der Waals surface area (Å²) in [6, 6.07) is 16.7. The number of aromatic nitrogens is 1. The maximum Gasteiger partial charge on any atom is 0.156 e. The molecule has 0 aliphatic rings. The van der Waals surface area contributed by atoms with Gasteiger partial charge in [0.25, 0.3) is 0 Å². The summed E-state index contributed by atoms with van der Waals surface area (Å²) < 4.78 is 5.85. The van der Waals surface area contributed by atoms with Crippen molar-refractivity contribution in [3.05, 3.63) is 60.3 Å². The highest BCUT2D eigenvalue weighted by atomic mass is 16.5. The molecule has 0 amide bonds. The van der Waals surface area contributed by atoms with Gasteiger partial charge in [-0.1, -0.05) is 12.1 Å². The third-order valence-corrected chi connectivity index (χ3v) is 2.95. The van der Waals surface area contributed by atoms with Crippen LogP contribution < -0.4 is 10.5 Å². The minimum atomic E-state index is 0.403. The highest BCUT2D eigenvalue weighted by Crippen LogP contribution is 2.32. The van der Waals surface area contributed by atoms with Crippen molar-refractivity contribution in [1.82, 2.24) is 4.98 Å². The molecule has 0 aliphatic heterocycles. The lowest BCUT2D eigenvalue weighted by atomic mass is 10.1. The number of para-hydroxylation sites is 1. The maximum absolute atomic E-state index is 9.21. The molecule has 0 unspecified atom stereocenters. The number of anilines is 1. The van der Waals surface area contributed by atoms with Gasteiger partial charge in [0.2, 0.25) is 0 Å². The number of nitrogens with zero attached hydrogens (tertiary/aromatic N) is 2. The first-order valence-corrected chi connectivity index (χ1v) is 6.09. The van der Waals surface area contributed by atoms with Crippen LogP contribution in [-0.2, 0) is 0 Å². The number of pyridine rings is 1. The minimum absolute atomic E-state index is 0.403. The molecule has 3 aromatic rings. The molecule has 96 valence electrons. The predicted octanol–water partition coefficient (Wildman–Crippen LogP) is 3.48. The Balaban J connectivity index is 2.14. The smallest absolute Gasteiger partial charge is 0.156 e. The van der Waals surface area contributed by atoms with Crippen LogP contribution in [0, 0.1) is 11.3 Å². The first-order valence-electron chi connectivity index (χ1n) is 6.09. The van der Waals surface area contributed by atoms with E-state index in [0.29, 0.717) is 22.7 Å². The second kappa shape index (κ2) is 4.90. The lowest BCUT2D eigenvalue weighted by molar-refractivity contribution is 0.486. The standard InChI is InChI=1S/C16H11N3O/c17-9-11-10-19-15-4-2-1-3-14(15)16(11)20-13-7-5-12(18)6-8-13/h1-8,10H,18H2. The normalized spacial score (nSPS) is 10.2. The van der Waals surface area contributed by atoms with Gasteiger partial charge in [0.05, 0.1) is 5.52 Å². The number of fused-ring (bicyclic) bond motifs is 1. The van der Waals surface area contributed by atoms with E-state index in [1.54, 1.807) is 24.3 Å². The summed E-state index contributed by atoms with van der Waals surface area (Å²) in [6.45, 7) is 0. The Morgan fingerprint density at radius 3 is 2.55 bits per heavy atom. The lowest BCUT2D eigenvalue weighted by Gasteiger charge is -2.10. The van der Waals surface area contributed by atoms with Gasteiger partial charge >= 0.3 is 0 Å². The number of rotatable bonds is 2. The van der Waals surface area contributed by atoms with Gasteiger partial charge in [-0.2, -0.15) is 5.26 Å². The fourth-order valence-corrected chi connectivity index (χ4v) is 1.96. The van der Waals surface area contributed by atoms with E-state index < -0.39 is 0 Å². The van der Waals surface area contributed by atoms with Crippen LogP contribution in [0.15, 0.2) is 54.7 Å². The third kappa shape index (κ3) is 2.13. The van der Waals surface area contributed by atoms with Crippen LogP contribution >= 0.6 is 0 Å². The van der Waals surface area contributed by atoms with Gasteiger partial charge < -0.3 is 10.5 Å². The molecule has 0 fully saturated rings. The molecule has 0 aliphatic carbocycles. The molecular formula is C16H11N3O. The molecule has 3 rings (SSSR count). The molecule has 4 heteroatoms. The zero-order valence-corrected chi connectivity index (χ0v) is 10.6. The van der Waals surface area contributed by atoms with Crippen LogP contribution in [0.2, 0.25) is 0 Å². The van der Waals surface area contributed by atoms with Gasteiger partial charge in [0.15, 0.2) is 5.75 Å². The number of nitrogens with two attached hydrogens (primary N) is 1. The van der Waals surface area contributed by atoms with Crippen LogP contribution in [0.3, 0.4) is 0 Å². The largest absolute Gasteiger partial charge is 0.455 e. The van der Waals surface area contributed by atoms with Crippen LogP contribution in [-0.4, -0.2) is 4.98 Å². The summed E-state index contributed by atoms with van der Waals surface area (Å²) in [5, 5.41) is 10.0. The molecule has 1 aromatic heterocycles. The molecule has 2 N–H and O–H groups in total. The monoisotopic (exact) mass is 261 g/mol. The zero-order valence-electron chi connectivity index (χ0n) is 10.6. The van der Waals surface area contributed by atoms with Crippen molar-refractivity contribution in [1.29, 1.82) is 5.26 Å². The third-order valence-electron chi connectivity index (χ3n) is 2.95. The van der Waals surface area contributed by atoms with Crippen LogP contribution in [0.25, 0.3) is 10.9 Å². The Morgan fingerprint density at radius 2 is 1.80 bits per heavy atom. The number of nitrogen functional groups attached to an aromatic ring is 1. The highest BCUT2D eigenvalue weighted by molar-refractivity contribution is 5.87. The Labute approximate surface area is 116 Å². The first-order chi connectivity index (χ1) is 9.78. The quantitative estimate of drug-likeness (QED) is 0.717. The average molecular weight is 261 g/mol. The number of ether oxygens (including phenoxy) is 1. The van der Waals surface area contributed by atoms with Crippen molar-refractivity contribution in [2.24, 2.45) is 0 Å². The van der Waals surface area contributed by atoms with E-state index in [1.807, 2.05) is 24.3 Å². The summed E-state index contributed by atoms with van der Waals surface area (Å²) in [5.41, 5.74) is 7.51. The van der Waals surface area contributed by atoms with Crippen molar-refractivity contribution < 1.29 is 4.74 Å².